The van der Waals surface area contributed by atoms with E-state index in [9.17, 15) is 4.21 Å². The Morgan fingerprint density at radius 1 is 1.17 bits per heavy atom. The smallest absolute Gasteiger partial charge is 0.0525 e. The lowest BCUT2D eigenvalue weighted by Gasteiger charge is -2.43. The van der Waals surface area contributed by atoms with E-state index in [1.165, 1.54) is 30.4 Å². The van der Waals surface area contributed by atoms with Crippen LogP contribution in [0.3, 0.4) is 0 Å². The SMILES string of the molecule is CC(C)=CC(CC(C)(C)C1C=CC(S(C)=O)CC1)N1CCC(c2ccncc2)CC1. The molecule has 0 aromatic carbocycles. The molecule has 0 N–H and O–H groups in total. The summed E-state index contributed by atoms with van der Waals surface area (Å²) in [5.41, 5.74) is 3.08. The molecule has 0 bridgehead atoms. The molecule has 0 saturated carbocycles. The summed E-state index contributed by atoms with van der Waals surface area (Å²) in [6.45, 7) is 11.6. The summed E-state index contributed by atoms with van der Waals surface area (Å²) < 4.78 is 11.8. The first-order valence-corrected chi connectivity index (χ1v) is 13.2. The van der Waals surface area contributed by atoms with Gasteiger partial charge in [0.05, 0.1) is 5.25 Å². The summed E-state index contributed by atoms with van der Waals surface area (Å²) in [6, 6.07) is 4.86. The van der Waals surface area contributed by atoms with Gasteiger partial charge in [-0.3, -0.25) is 14.1 Å². The van der Waals surface area contributed by atoms with Gasteiger partial charge in [0.15, 0.2) is 0 Å². The zero-order chi connectivity index (χ0) is 21.7. The van der Waals surface area contributed by atoms with Crippen molar-refractivity contribution in [2.24, 2.45) is 11.3 Å². The van der Waals surface area contributed by atoms with Crippen LogP contribution in [0.15, 0.2) is 48.3 Å². The number of hydrogen-bond donors (Lipinski definition) is 0. The molecule has 3 rings (SSSR count). The van der Waals surface area contributed by atoms with Crippen LogP contribution in [0.1, 0.15) is 71.3 Å². The van der Waals surface area contributed by atoms with Crippen molar-refractivity contribution in [2.45, 2.75) is 77.0 Å². The van der Waals surface area contributed by atoms with Crippen molar-refractivity contribution in [1.82, 2.24) is 9.88 Å². The summed E-state index contributed by atoms with van der Waals surface area (Å²) in [4.78, 5) is 6.89. The normalized spacial score (nSPS) is 25.6. The molecule has 4 heteroatoms. The van der Waals surface area contributed by atoms with Gasteiger partial charge in [-0.05, 0) is 94.0 Å². The van der Waals surface area contributed by atoms with E-state index < -0.39 is 10.8 Å². The molecular weight excluding hydrogens is 388 g/mol. The molecule has 4 unspecified atom stereocenters. The second kappa shape index (κ2) is 10.4. The average molecular weight is 429 g/mol. The molecule has 3 nitrogen and oxygen atoms in total. The van der Waals surface area contributed by atoms with Gasteiger partial charge in [-0.2, -0.15) is 0 Å². The van der Waals surface area contributed by atoms with Gasteiger partial charge in [-0.1, -0.05) is 37.6 Å². The first-order valence-electron chi connectivity index (χ1n) is 11.6. The van der Waals surface area contributed by atoms with E-state index in [-0.39, 0.29) is 10.7 Å². The van der Waals surface area contributed by atoms with Gasteiger partial charge < -0.3 is 0 Å². The Hall–Kier alpha value is -1.26. The minimum absolute atomic E-state index is 0.231. The molecule has 1 aromatic rings. The van der Waals surface area contributed by atoms with Crippen molar-refractivity contribution < 1.29 is 4.21 Å². The Morgan fingerprint density at radius 3 is 2.37 bits per heavy atom. The summed E-state index contributed by atoms with van der Waals surface area (Å²) in [5.74, 6) is 1.23. The number of rotatable bonds is 7. The molecule has 1 aromatic heterocycles. The van der Waals surface area contributed by atoms with E-state index in [0.29, 0.717) is 17.9 Å². The molecular formula is C26H40N2OS. The number of nitrogens with zero attached hydrogens (tertiary/aromatic N) is 2. The maximum Gasteiger partial charge on any atom is 0.0525 e. The molecule has 2 heterocycles. The van der Waals surface area contributed by atoms with E-state index in [4.69, 9.17) is 0 Å². The molecule has 0 spiro atoms. The zero-order valence-corrected chi connectivity index (χ0v) is 20.3. The second-order valence-electron chi connectivity index (χ2n) is 10.2. The number of pyridine rings is 1. The first-order chi connectivity index (χ1) is 14.3. The Kier molecular flexibility index (Phi) is 8.09. The minimum Gasteiger partial charge on any atom is -0.297 e. The summed E-state index contributed by atoms with van der Waals surface area (Å²) in [5, 5.41) is 0.248. The molecule has 1 fully saturated rings. The second-order valence-corrected chi connectivity index (χ2v) is 11.8. The lowest BCUT2D eigenvalue weighted by atomic mass is 9.70. The number of aromatic nitrogens is 1. The van der Waals surface area contributed by atoms with Gasteiger partial charge in [-0.25, -0.2) is 0 Å². The van der Waals surface area contributed by atoms with Crippen LogP contribution in [-0.4, -0.2) is 44.7 Å². The van der Waals surface area contributed by atoms with Crippen LogP contribution in [0, 0.1) is 11.3 Å². The standard InChI is InChI=1S/C26H40N2OS/c1-20(2)18-24(19-26(3,4)23-6-8-25(9-7-23)30(5)29)28-16-12-22(13-17-28)21-10-14-27-15-11-21/h6,8,10-11,14-15,18,22-25H,7,9,12-13,16-17,19H2,1-5H3. The number of allylic oxidation sites excluding steroid dienone is 2. The van der Waals surface area contributed by atoms with Crippen LogP contribution >= 0.6 is 0 Å². The fourth-order valence-electron chi connectivity index (χ4n) is 5.29. The van der Waals surface area contributed by atoms with Crippen molar-refractivity contribution in [3.8, 4) is 0 Å². The number of piperidine rings is 1. The maximum atomic E-state index is 11.8. The van der Waals surface area contributed by atoms with E-state index in [1.54, 1.807) is 0 Å². The van der Waals surface area contributed by atoms with Crippen LogP contribution in [0.5, 0.6) is 0 Å². The molecule has 1 aliphatic heterocycles. The highest BCUT2D eigenvalue weighted by Gasteiger charge is 2.35. The third-order valence-corrected chi connectivity index (χ3v) is 8.43. The van der Waals surface area contributed by atoms with E-state index in [1.807, 2.05) is 18.6 Å². The Balaban J connectivity index is 1.66. The Labute approximate surface area is 186 Å². The van der Waals surface area contributed by atoms with Crippen LogP contribution in [0.4, 0.5) is 0 Å². The molecule has 1 aliphatic carbocycles. The van der Waals surface area contributed by atoms with E-state index in [2.05, 4.69) is 67.9 Å². The predicted octanol–water partition coefficient (Wildman–Crippen LogP) is 5.73. The van der Waals surface area contributed by atoms with Crippen LogP contribution in [-0.2, 0) is 10.8 Å². The van der Waals surface area contributed by atoms with Gasteiger partial charge in [-0.15, -0.1) is 0 Å². The highest BCUT2D eigenvalue weighted by atomic mass is 32.2. The fraction of sp³-hybridized carbons (Fsp3) is 0.654. The molecule has 1 saturated heterocycles. The van der Waals surface area contributed by atoms with Gasteiger partial charge in [0.25, 0.3) is 0 Å². The lowest BCUT2D eigenvalue weighted by Crippen LogP contribution is -2.43. The van der Waals surface area contributed by atoms with Crippen LogP contribution in [0.25, 0.3) is 0 Å². The van der Waals surface area contributed by atoms with Gasteiger partial charge in [0.2, 0.25) is 0 Å². The monoisotopic (exact) mass is 428 g/mol. The molecule has 0 radical (unpaired) electrons. The lowest BCUT2D eigenvalue weighted by molar-refractivity contribution is 0.114. The highest BCUT2D eigenvalue weighted by molar-refractivity contribution is 7.85. The van der Waals surface area contributed by atoms with Crippen LogP contribution < -0.4 is 0 Å². The third-order valence-electron chi connectivity index (χ3n) is 7.19. The van der Waals surface area contributed by atoms with E-state index >= 15 is 0 Å². The van der Waals surface area contributed by atoms with Crippen molar-refractivity contribution >= 4 is 10.8 Å². The molecule has 4 atom stereocenters. The maximum absolute atomic E-state index is 11.8. The van der Waals surface area contributed by atoms with Gasteiger partial charge in [0, 0.05) is 35.5 Å². The van der Waals surface area contributed by atoms with Gasteiger partial charge >= 0.3 is 0 Å². The quantitative estimate of drug-likeness (QED) is 0.520. The first kappa shape index (κ1) is 23.4. The van der Waals surface area contributed by atoms with Crippen LogP contribution in [0.2, 0.25) is 0 Å². The fourth-order valence-corrected chi connectivity index (χ4v) is 6.07. The van der Waals surface area contributed by atoms with Crippen molar-refractivity contribution in [1.29, 1.82) is 0 Å². The summed E-state index contributed by atoms with van der Waals surface area (Å²) in [7, 11) is -0.744. The van der Waals surface area contributed by atoms with Crippen molar-refractivity contribution in [2.75, 3.05) is 19.3 Å². The summed E-state index contributed by atoms with van der Waals surface area (Å²) >= 11 is 0. The van der Waals surface area contributed by atoms with E-state index in [0.717, 1.165) is 25.9 Å². The zero-order valence-electron chi connectivity index (χ0n) is 19.5. The molecule has 166 valence electrons. The number of likely N-dealkylation sites (tertiary alicyclic amines) is 1. The van der Waals surface area contributed by atoms with Crippen molar-refractivity contribution in [3.63, 3.8) is 0 Å². The Bertz CT molecular complexity index is 758. The molecule has 30 heavy (non-hydrogen) atoms. The Morgan fingerprint density at radius 2 is 1.83 bits per heavy atom. The number of hydrogen-bond acceptors (Lipinski definition) is 3. The summed E-state index contributed by atoms with van der Waals surface area (Å²) in [6.07, 6.45) is 18.6. The average Bonchev–Trinajstić information content (AvgIpc) is 2.73. The molecule has 2 aliphatic rings. The highest BCUT2D eigenvalue weighted by Crippen LogP contribution is 2.41. The third kappa shape index (κ3) is 6.13. The van der Waals surface area contributed by atoms with Crippen molar-refractivity contribution in [3.05, 3.63) is 53.9 Å². The topological polar surface area (TPSA) is 33.2 Å². The largest absolute Gasteiger partial charge is 0.297 e. The molecule has 0 amide bonds. The minimum atomic E-state index is -0.744. The van der Waals surface area contributed by atoms with Gasteiger partial charge in [0.1, 0.15) is 0 Å². The predicted molar refractivity (Wildman–Crippen MR) is 129 cm³/mol.